The van der Waals surface area contributed by atoms with E-state index < -0.39 is 0 Å². The zero-order valence-corrected chi connectivity index (χ0v) is 11.0. The van der Waals surface area contributed by atoms with Crippen molar-refractivity contribution in [2.45, 2.75) is 31.8 Å². The van der Waals surface area contributed by atoms with Crippen LogP contribution in [0.1, 0.15) is 36.0 Å². The van der Waals surface area contributed by atoms with Crippen LogP contribution in [0.25, 0.3) is 10.1 Å². The number of benzene rings is 1. The number of carbonyl (C=O) groups is 1. The molecule has 0 amide bonds. The van der Waals surface area contributed by atoms with Crippen LogP contribution in [0.3, 0.4) is 0 Å². The number of thiophene rings is 1. The van der Waals surface area contributed by atoms with Gasteiger partial charge in [0.1, 0.15) is 0 Å². The van der Waals surface area contributed by atoms with E-state index in [-0.39, 0.29) is 5.78 Å². The Labute approximate surface area is 111 Å². The molecule has 1 fully saturated rings. The molecule has 0 radical (unpaired) electrons. The summed E-state index contributed by atoms with van der Waals surface area (Å²) in [5.74, 6) is 0.249. The van der Waals surface area contributed by atoms with E-state index in [9.17, 15) is 4.79 Å². The third kappa shape index (κ3) is 2.33. The third-order valence-corrected chi connectivity index (χ3v) is 4.46. The van der Waals surface area contributed by atoms with Crippen LogP contribution in [0.5, 0.6) is 0 Å². The lowest BCUT2D eigenvalue weighted by atomic mass is 10.0. The molecular formula is C15H16O2S. The van der Waals surface area contributed by atoms with E-state index in [0.717, 1.165) is 36.1 Å². The van der Waals surface area contributed by atoms with Crippen LogP contribution in [0, 0.1) is 0 Å². The molecule has 1 aliphatic heterocycles. The Morgan fingerprint density at radius 1 is 1.39 bits per heavy atom. The summed E-state index contributed by atoms with van der Waals surface area (Å²) in [7, 11) is 0. The molecule has 1 saturated heterocycles. The molecule has 2 aromatic rings. The Kier molecular flexibility index (Phi) is 3.43. The second-order valence-corrected chi connectivity index (χ2v) is 5.66. The molecule has 3 heteroatoms. The summed E-state index contributed by atoms with van der Waals surface area (Å²) >= 11 is 1.65. The Morgan fingerprint density at radius 3 is 3.17 bits per heavy atom. The van der Waals surface area contributed by atoms with Crippen molar-refractivity contribution < 1.29 is 9.53 Å². The second kappa shape index (κ2) is 5.21. The fourth-order valence-electron chi connectivity index (χ4n) is 2.51. The van der Waals surface area contributed by atoms with E-state index in [2.05, 4.69) is 12.1 Å². The van der Waals surface area contributed by atoms with Gasteiger partial charge in [-0.05, 0) is 42.2 Å². The van der Waals surface area contributed by atoms with Crippen molar-refractivity contribution in [2.24, 2.45) is 0 Å². The Balaban J connectivity index is 1.73. The van der Waals surface area contributed by atoms with Gasteiger partial charge in [-0.25, -0.2) is 0 Å². The maximum absolute atomic E-state index is 12.3. The van der Waals surface area contributed by atoms with Gasteiger partial charge in [0.15, 0.2) is 5.78 Å². The van der Waals surface area contributed by atoms with Crippen LogP contribution in [-0.4, -0.2) is 18.5 Å². The van der Waals surface area contributed by atoms with Crippen molar-refractivity contribution in [1.29, 1.82) is 0 Å². The van der Waals surface area contributed by atoms with Gasteiger partial charge in [-0.15, -0.1) is 11.3 Å². The normalized spacial score (nSPS) is 19.4. The van der Waals surface area contributed by atoms with E-state index in [4.69, 9.17) is 4.74 Å². The van der Waals surface area contributed by atoms with Crippen molar-refractivity contribution in [2.75, 3.05) is 6.61 Å². The minimum atomic E-state index is 0.249. The van der Waals surface area contributed by atoms with E-state index in [1.165, 1.54) is 5.39 Å². The monoisotopic (exact) mass is 260 g/mol. The number of rotatable bonds is 4. The van der Waals surface area contributed by atoms with Gasteiger partial charge in [0, 0.05) is 23.3 Å². The van der Waals surface area contributed by atoms with Gasteiger partial charge in [-0.2, -0.15) is 0 Å². The highest BCUT2D eigenvalue weighted by Crippen LogP contribution is 2.26. The molecule has 2 nitrogen and oxygen atoms in total. The van der Waals surface area contributed by atoms with E-state index in [1.54, 1.807) is 11.3 Å². The van der Waals surface area contributed by atoms with Gasteiger partial charge in [0.2, 0.25) is 0 Å². The first-order valence-corrected chi connectivity index (χ1v) is 7.33. The van der Waals surface area contributed by atoms with E-state index >= 15 is 0 Å². The largest absolute Gasteiger partial charge is 0.378 e. The smallest absolute Gasteiger partial charge is 0.164 e. The lowest BCUT2D eigenvalue weighted by Gasteiger charge is -2.08. The molecule has 1 aromatic heterocycles. The molecule has 0 N–H and O–H groups in total. The quantitative estimate of drug-likeness (QED) is 0.775. The van der Waals surface area contributed by atoms with Crippen molar-refractivity contribution in [3.63, 3.8) is 0 Å². The highest BCUT2D eigenvalue weighted by Gasteiger charge is 2.18. The van der Waals surface area contributed by atoms with Crippen molar-refractivity contribution in [3.8, 4) is 0 Å². The number of fused-ring (bicyclic) bond motifs is 1. The summed E-state index contributed by atoms with van der Waals surface area (Å²) in [6.07, 6.45) is 4.01. The Hall–Kier alpha value is -1.19. The lowest BCUT2D eigenvalue weighted by Crippen LogP contribution is -2.08. The number of Topliss-reactive ketones (excluding diaryl/α,β-unsaturated/α-hetero) is 1. The summed E-state index contributed by atoms with van der Waals surface area (Å²) in [5.41, 5.74) is 0.875. The number of hydrogen-bond donors (Lipinski definition) is 0. The van der Waals surface area contributed by atoms with Crippen LogP contribution in [0.4, 0.5) is 0 Å². The van der Waals surface area contributed by atoms with Gasteiger partial charge in [-0.3, -0.25) is 4.79 Å². The lowest BCUT2D eigenvalue weighted by molar-refractivity contribution is 0.0860. The summed E-state index contributed by atoms with van der Waals surface area (Å²) in [5, 5.41) is 3.21. The van der Waals surface area contributed by atoms with E-state index in [1.807, 2.05) is 17.5 Å². The molecule has 0 bridgehead atoms. The minimum Gasteiger partial charge on any atom is -0.378 e. The molecule has 0 saturated carbocycles. The van der Waals surface area contributed by atoms with Crippen LogP contribution in [0.15, 0.2) is 29.6 Å². The molecule has 94 valence electrons. The van der Waals surface area contributed by atoms with Crippen molar-refractivity contribution >= 4 is 27.2 Å². The first-order chi connectivity index (χ1) is 8.84. The van der Waals surface area contributed by atoms with Crippen molar-refractivity contribution in [1.82, 2.24) is 0 Å². The SMILES string of the molecule is O=C(CCC1CCCO1)c1cccc2ccsc12. The van der Waals surface area contributed by atoms with Gasteiger partial charge in [0.05, 0.1) is 6.10 Å². The average molecular weight is 260 g/mol. The van der Waals surface area contributed by atoms with Gasteiger partial charge >= 0.3 is 0 Å². The number of ether oxygens (including phenoxy) is 1. The standard InChI is InChI=1S/C15H16O2S/c16-14(7-6-12-4-2-9-17-12)13-5-1-3-11-8-10-18-15(11)13/h1,3,5,8,10,12H,2,4,6-7,9H2. The molecule has 0 spiro atoms. The summed E-state index contributed by atoms with van der Waals surface area (Å²) in [4.78, 5) is 12.3. The maximum atomic E-state index is 12.3. The van der Waals surface area contributed by atoms with Crippen LogP contribution < -0.4 is 0 Å². The highest BCUT2D eigenvalue weighted by molar-refractivity contribution is 7.17. The molecule has 18 heavy (non-hydrogen) atoms. The molecule has 1 unspecified atom stereocenters. The predicted molar refractivity (Wildman–Crippen MR) is 74.4 cm³/mol. The van der Waals surface area contributed by atoms with Crippen molar-refractivity contribution in [3.05, 3.63) is 35.2 Å². The van der Waals surface area contributed by atoms with Gasteiger partial charge < -0.3 is 4.74 Å². The highest BCUT2D eigenvalue weighted by atomic mass is 32.1. The average Bonchev–Trinajstić information content (AvgIpc) is 3.05. The number of ketones is 1. The van der Waals surface area contributed by atoms with Crippen LogP contribution >= 0.6 is 11.3 Å². The zero-order chi connectivity index (χ0) is 12.4. The van der Waals surface area contributed by atoms with Gasteiger partial charge in [-0.1, -0.05) is 12.1 Å². The molecular weight excluding hydrogens is 244 g/mol. The summed E-state index contributed by atoms with van der Waals surface area (Å²) in [6, 6.07) is 8.03. The maximum Gasteiger partial charge on any atom is 0.164 e. The fraction of sp³-hybridized carbons (Fsp3) is 0.400. The molecule has 2 heterocycles. The Morgan fingerprint density at radius 2 is 2.33 bits per heavy atom. The second-order valence-electron chi connectivity index (χ2n) is 4.74. The third-order valence-electron chi connectivity index (χ3n) is 3.50. The summed E-state index contributed by atoms with van der Waals surface area (Å²) in [6.45, 7) is 0.860. The first kappa shape index (κ1) is 11.9. The number of carbonyl (C=O) groups excluding carboxylic acids is 1. The van der Waals surface area contributed by atoms with Crippen LogP contribution in [-0.2, 0) is 4.74 Å². The van der Waals surface area contributed by atoms with E-state index in [0.29, 0.717) is 12.5 Å². The molecule has 1 aromatic carbocycles. The molecule has 3 rings (SSSR count). The topological polar surface area (TPSA) is 26.3 Å². The zero-order valence-electron chi connectivity index (χ0n) is 10.2. The molecule has 1 atom stereocenters. The first-order valence-electron chi connectivity index (χ1n) is 6.45. The fourth-order valence-corrected chi connectivity index (χ4v) is 3.44. The molecule has 1 aliphatic rings. The number of hydrogen-bond acceptors (Lipinski definition) is 3. The predicted octanol–water partition coefficient (Wildman–Crippen LogP) is 4.04. The minimum absolute atomic E-state index is 0.249. The Bertz CT molecular complexity index is 552. The molecule has 0 aliphatic carbocycles. The van der Waals surface area contributed by atoms with Gasteiger partial charge in [0.25, 0.3) is 0 Å². The summed E-state index contributed by atoms with van der Waals surface area (Å²) < 4.78 is 6.68. The van der Waals surface area contributed by atoms with Crippen LogP contribution in [0.2, 0.25) is 0 Å².